The van der Waals surface area contributed by atoms with Crippen LogP contribution < -0.4 is 16.0 Å². The van der Waals surface area contributed by atoms with Crippen molar-refractivity contribution < 1.29 is 29.3 Å². The Bertz CT molecular complexity index is 968. The predicted molar refractivity (Wildman–Crippen MR) is 132 cm³/mol. The van der Waals surface area contributed by atoms with Gasteiger partial charge >= 0.3 is 6.09 Å². The van der Waals surface area contributed by atoms with Gasteiger partial charge in [-0.2, -0.15) is 0 Å². The molecule has 0 bridgehead atoms. The molecule has 0 aliphatic heterocycles. The third kappa shape index (κ3) is 5.68. The molecule has 5 N–H and O–H groups in total. The van der Waals surface area contributed by atoms with E-state index in [1.165, 1.54) is 24.3 Å². The lowest BCUT2D eigenvalue weighted by atomic mass is 9.47. The number of nitrogens with zero attached hydrogens (tertiary/aromatic N) is 1. The van der Waals surface area contributed by atoms with E-state index in [2.05, 4.69) is 29.5 Å². The fourth-order valence-electron chi connectivity index (χ4n) is 5.66. The Morgan fingerprint density at radius 2 is 2.00 bits per heavy atom. The largest absolute Gasteiger partial charge is 0.445 e. The molecule has 0 radical (unpaired) electrons. The van der Waals surface area contributed by atoms with E-state index in [1.807, 2.05) is 6.92 Å². The number of amides is 3. The Morgan fingerprint density at radius 1 is 1.29 bits per heavy atom. The molecule has 11 heteroatoms. The smallest absolute Gasteiger partial charge is 0.413 e. The number of carbonyl (C=O) groups is 3. The summed E-state index contributed by atoms with van der Waals surface area (Å²) in [6.45, 7) is 9.51. The molecular formula is C24H36N4O6S. The molecule has 5 atom stereocenters. The van der Waals surface area contributed by atoms with Gasteiger partial charge in [0.15, 0.2) is 5.13 Å². The summed E-state index contributed by atoms with van der Waals surface area (Å²) in [5, 5.41) is 29.7. The Hall–Kier alpha value is -2.50. The number of nitrogens with one attached hydrogen (secondary N) is 3. The van der Waals surface area contributed by atoms with Crippen LogP contribution in [0.15, 0.2) is 12.7 Å². The average molecular weight is 509 g/mol. The van der Waals surface area contributed by atoms with Gasteiger partial charge in [0.05, 0.1) is 18.4 Å². The van der Waals surface area contributed by atoms with Crippen LogP contribution in [0.25, 0.3) is 0 Å². The minimum atomic E-state index is -0.731. The van der Waals surface area contributed by atoms with Crippen LogP contribution in [-0.4, -0.2) is 65.5 Å². The molecular weight excluding hydrogens is 472 g/mol. The number of aliphatic hydroxyl groups is 2. The molecule has 0 aromatic carbocycles. The van der Waals surface area contributed by atoms with Crippen molar-refractivity contribution in [3.8, 4) is 0 Å². The number of aromatic nitrogens is 1. The van der Waals surface area contributed by atoms with Crippen molar-refractivity contribution in [2.75, 3.05) is 31.6 Å². The molecule has 1 saturated carbocycles. The van der Waals surface area contributed by atoms with Gasteiger partial charge in [-0.15, -0.1) is 11.3 Å². The number of hydrogen-bond acceptors (Lipinski definition) is 8. The quantitative estimate of drug-likeness (QED) is 0.253. The molecule has 194 valence electrons. The summed E-state index contributed by atoms with van der Waals surface area (Å²) < 4.78 is 5.01. The van der Waals surface area contributed by atoms with Crippen LogP contribution in [0.3, 0.4) is 0 Å². The van der Waals surface area contributed by atoms with Gasteiger partial charge in [-0.3, -0.25) is 14.9 Å². The lowest BCUT2D eigenvalue weighted by Crippen LogP contribution is -2.57. The molecule has 0 spiro atoms. The topological polar surface area (TPSA) is 150 Å². The zero-order valence-corrected chi connectivity index (χ0v) is 21.4. The molecule has 0 saturated heterocycles. The fourth-order valence-corrected chi connectivity index (χ4v) is 6.71. The van der Waals surface area contributed by atoms with E-state index in [9.17, 15) is 24.6 Å². The minimum Gasteiger partial charge on any atom is -0.445 e. The van der Waals surface area contributed by atoms with Crippen molar-refractivity contribution in [3.63, 3.8) is 0 Å². The number of thiazole rings is 1. The van der Waals surface area contributed by atoms with E-state index >= 15 is 0 Å². The van der Waals surface area contributed by atoms with Crippen molar-refractivity contribution in [2.24, 2.45) is 16.7 Å². The van der Waals surface area contributed by atoms with Gasteiger partial charge in [-0.05, 0) is 30.6 Å². The van der Waals surface area contributed by atoms with Crippen molar-refractivity contribution in [1.29, 1.82) is 0 Å². The molecule has 1 aromatic heterocycles. The monoisotopic (exact) mass is 508 g/mol. The van der Waals surface area contributed by atoms with Gasteiger partial charge < -0.3 is 25.6 Å². The Balaban J connectivity index is 1.90. The van der Waals surface area contributed by atoms with Crippen molar-refractivity contribution in [3.05, 3.63) is 23.2 Å². The Morgan fingerprint density at radius 3 is 2.66 bits per heavy atom. The first-order valence-electron chi connectivity index (χ1n) is 11.9. The summed E-state index contributed by atoms with van der Waals surface area (Å²) in [6.07, 6.45) is 2.13. The summed E-state index contributed by atoms with van der Waals surface area (Å²) >= 11 is 1.33. The van der Waals surface area contributed by atoms with Crippen molar-refractivity contribution in [1.82, 2.24) is 15.6 Å². The number of anilines is 1. The summed E-state index contributed by atoms with van der Waals surface area (Å²) in [5.41, 5.74) is -0.361. The summed E-state index contributed by atoms with van der Waals surface area (Å²) in [5.74, 6) is -0.691. The standard InChI is InChI=1S/C24H36N4O6S/c1-5-10-34-22(33)28-21-27-20-15(11-19(32)26-9-8-25-14(2)30)23(3)7-6-18(31)24(4,13-29)17(23)12-16(20)35-21/h5,15,17-18,29,31H,1,6-13H2,2-4H3,(H,25,30)(H,26,32)(H,27,28,33). The van der Waals surface area contributed by atoms with Gasteiger partial charge in [0.1, 0.15) is 6.61 Å². The van der Waals surface area contributed by atoms with Gasteiger partial charge in [0, 0.05) is 42.6 Å². The first-order valence-corrected chi connectivity index (χ1v) is 12.7. The number of ether oxygens (including phenoxy) is 1. The number of rotatable bonds is 9. The second kappa shape index (κ2) is 11.0. The minimum absolute atomic E-state index is 0.0745. The summed E-state index contributed by atoms with van der Waals surface area (Å²) in [7, 11) is 0. The van der Waals surface area contributed by atoms with Gasteiger partial charge in [0.25, 0.3) is 0 Å². The van der Waals surface area contributed by atoms with Gasteiger partial charge in [-0.1, -0.05) is 26.5 Å². The van der Waals surface area contributed by atoms with Crippen LogP contribution >= 0.6 is 11.3 Å². The molecule has 2 aliphatic rings. The maximum atomic E-state index is 12.9. The van der Waals surface area contributed by atoms with Crippen LogP contribution in [0.1, 0.15) is 56.5 Å². The van der Waals surface area contributed by atoms with Crippen LogP contribution in [0, 0.1) is 16.7 Å². The SMILES string of the molecule is C=CCOC(=O)Nc1nc2c(s1)CC1C(C)(CO)C(O)CCC1(C)C2CC(=O)NCCNC(C)=O. The molecule has 2 aliphatic carbocycles. The summed E-state index contributed by atoms with van der Waals surface area (Å²) in [4.78, 5) is 41.7. The van der Waals surface area contributed by atoms with E-state index < -0.39 is 23.0 Å². The molecule has 3 amide bonds. The fraction of sp³-hybridized carbons (Fsp3) is 0.667. The van der Waals surface area contributed by atoms with Crippen LogP contribution in [0.2, 0.25) is 0 Å². The number of hydrogen-bond donors (Lipinski definition) is 5. The highest BCUT2D eigenvalue weighted by molar-refractivity contribution is 7.15. The molecule has 5 unspecified atom stereocenters. The average Bonchev–Trinajstić information content (AvgIpc) is 3.21. The lowest BCUT2D eigenvalue weighted by Gasteiger charge is -2.58. The van der Waals surface area contributed by atoms with Gasteiger partial charge in [0.2, 0.25) is 11.8 Å². The van der Waals surface area contributed by atoms with Crippen LogP contribution in [-0.2, 0) is 20.7 Å². The van der Waals surface area contributed by atoms with E-state index in [4.69, 9.17) is 9.72 Å². The summed E-state index contributed by atoms with van der Waals surface area (Å²) in [6, 6.07) is 0. The van der Waals surface area contributed by atoms with Crippen molar-refractivity contribution in [2.45, 2.75) is 58.5 Å². The third-order valence-corrected chi connectivity index (χ3v) is 8.65. The zero-order chi connectivity index (χ0) is 25.8. The van der Waals surface area contributed by atoms with E-state index in [0.29, 0.717) is 37.5 Å². The number of fused-ring (bicyclic) bond motifs is 2. The van der Waals surface area contributed by atoms with E-state index in [0.717, 1.165) is 10.6 Å². The second-order valence-corrected chi connectivity index (χ2v) is 11.0. The lowest BCUT2D eigenvalue weighted by molar-refractivity contribution is -0.144. The zero-order valence-electron chi connectivity index (χ0n) is 20.6. The highest BCUT2D eigenvalue weighted by atomic mass is 32.1. The normalized spacial score (nSPS) is 29.3. The Kier molecular flexibility index (Phi) is 8.55. The van der Waals surface area contributed by atoms with E-state index in [1.54, 1.807) is 0 Å². The van der Waals surface area contributed by atoms with Gasteiger partial charge in [-0.25, -0.2) is 9.78 Å². The Labute approximate surface area is 209 Å². The van der Waals surface area contributed by atoms with Crippen LogP contribution in [0.5, 0.6) is 0 Å². The van der Waals surface area contributed by atoms with Crippen LogP contribution in [0.4, 0.5) is 9.93 Å². The molecule has 1 fully saturated rings. The third-order valence-electron chi connectivity index (χ3n) is 7.65. The molecule has 1 heterocycles. The highest BCUT2D eigenvalue weighted by Crippen LogP contribution is 2.62. The molecule has 10 nitrogen and oxygen atoms in total. The predicted octanol–water partition coefficient (Wildman–Crippen LogP) is 1.94. The molecule has 1 aromatic rings. The van der Waals surface area contributed by atoms with Crippen molar-refractivity contribution >= 4 is 34.4 Å². The number of aliphatic hydroxyl groups excluding tert-OH is 2. The molecule has 3 rings (SSSR count). The number of carbonyl (C=O) groups excluding carboxylic acids is 3. The highest BCUT2D eigenvalue weighted by Gasteiger charge is 2.59. The maximum absolute atomic E-state index is 12.9. The molecule has 35 heavy (non-hydrogen) atoms. The maximum Gasteiger partial charge on any atom is 0.413 e. The first kappa shape index (κ1) is 27.1. The van der Waals surface area contributed by atoms with E-state index in [-0.39, 0.29) is 43.3 Å². The first-order chi connectivity index (χ1) is 16.5. The second-order valence-electron chi connectivity index (χ2n) is 9.91.